The minimum Gasteiger partial charge on any atom is -0.496 e. The van der Waals surface area contributed by atoms with E-state index in [9.17, 15) is 8.42 Å². The van der Waals surface area contributed by atoms with Gasteiger partial charge in [0.05, 0.1) is 26.4 Å². The van der Waals surface area contributed by atoms with Gasteiger partial charge in [-0.1, -0.05) is 25.4 Å². The maximum Gasteiger partial charge on any atom is 0.219 e. The summed E-state index contributed by atoms with van der Waals surface area (Å²) in [6.07, 6.45) is 0.656. The van der Waals surface area contributed by atoms with E-state index in [0.29, 0.717) is 23.1 Å². The zero-order chi connectivity index (χ0) is 16.3. The zero-order valence-corrected chi connectivity index (χ0v) is 14.6. The summed E-state index contributed by atoms with van der Waals surface area (Å²) in [5.74, 6) is 0.941. The fourth-order valence-corrected chi connectivity index (χ4v) is 3.92. The van der Waals surface area contributed by atoms with Crippen molar-refractivity contribution in [1.82, 2.24) is 4.72 Å². The Morgan fingerprint density at radius 3 is 2.59 bits per heavy atom. The van der Waals surface area contributed by atoms with Crippen LogP contribution in [0.25, 0.3) is 0 Å². The van der Waals surface area contributed by atoms with Crippen molar-refractivity contribution in [2.24, 2.45) is 5.92 Å². The third-order valence-corrected chi connectivity index (χ3v) is 5.63. The van der Waals surface area contributed by atoms with Gasteiger partial charge in [0.2, 0.25) is 10.0 Å². The van der Waals surface area contributed by atoms with E-state index in [1.54, 1.807) is 25.3 Å². The Morgan fingerprint density at radius 2 is 2.09 bits per heavy atom. The highest BCUT2D eigenvalue weighted by Gasteiger charge is 2.35. The zero-order valence-electron chi connectivity index (χ0n) is 13.0. The van der Waals surface area contributed by atoms with Crippen LogP contribution in [0, 0.1) is 5.92 Å². The number of hydrogen-bond donors (Lipinski definition) is 1. The maximum absolute atomic E-state index is 12.4. The average molecular weight is 348 g/mol. The van der Waals surface area contributed by atoms with Gasteiger partial charge in [0.1, 0.15) is 11.0 Å². The lowest BCUT2D eigenvalue weighted by Crippen LogP contribution is -2.47. The highest BCUT2D eigenvalue weighted by atomic mass is 35.5. The van der Waals surface area contributed by atoms with Gasteiger partial charge in [0, 0.05) is 10.6 Å². The molecule has 0 saturated carbocycles. The Hall–Kier alpha value is -0.820. The molecule has 1 aromatic rings. The number of hydrogen-bond acceptors (Lipinski definition) is 4. The second-order valence-electron chi connectivity index (χ2n) is 5.89. The van der Waals surface area contributed by atoms with E-state index in [-0.39, 0.29) is 19.3 Å². The molecule has 1 fully saturated rings. The highest BCUT2D eigenvalue weighted by molar-refractivity contribution is 7.90. The molecule has 0 aliphatic carbocycles. The largest absolute Gasteiger partial charge is 0.496 e. The summed E-state index contributed by atoms with van der Waals surface area (Å²) in [4.78, 5) is 0. The minimum atomic E-state index is -3.43. The van der Waals surface area contributed by atoms with Gasteiger partial charge in [-0.05, 0) is 30.5 Å². The molecule has 0 radical (unpaired) electrons. The number of nitrogens with one attached hydrogen (secondary N) is 1. The fourth-order valence-electron chi connectivity index (χ4n) is 2.38. The molecular formula is C15H22ClNO4S. The van der Waals surface area contributed by atoms with Crippen LogP contribution in [0.1, 0.15) is 31.9 Å². The lowest BCUT2D eigenvalue weighted by molar-refractivity contribution is 0.0409. The van der Waals surface area contributed by atoms with E-state index in [0.717, 1.165) is 5.56 Å². The van der Waals surface area contributed by atoms with E-state index in [1.807, 2.05) is 13.8 Å². The number of benzene rings is 1. The van der Waals surface area contributed by atoms with Crippen molar-refractivity contribution in [3.63, 3.8) is 0 Å². The SMILES string of the molecule is COc1ccc(Cl)cc1C(CC(C)C)NS(=O)(=O)C1COC1. The number of rotatable bonds is 7. The Labute approximate surface area is 137 Å². The molecule has 0 amide bonds. The lowest BCUT2D eigenvalue weighted by Gasteiger charge is -2.30. The monoisotopic (exact) mass is 347 g/mol. The van der Waals surface area contributed by atoms with Crippen molar-refractivity contribution in [3.05, 3.63) is 28.8 Å². The van der Waals surface area contributed by atoms with Crippen LogP contribution in [-0.4, -0.2) is 34.0 Å². The van der Waals surface area contributed by atoms with Gasteiger partial charge < -0.3 is 9.47 Å². The summed E-state index contributed by atoms with van der Waals surface area (Å²) in [7, 11) is -1.87. The van der Waals surface area contributed by atoms with Crippen LogP contribution in [0.2, 0.25) is 5.02 Å². The summed E-state index contributed by atoms with van der Waals surface area (Å²) in [5, 5.41) is 0.0723. The normalized spacial score (nSPS) is 17.3. The predicted octanol–water partition coefficient (Wildman–Crippen LogP) is 2.75. The molecule has 124 valence electrons. The molecule has 1 aliphatic rings. The molecular weight excluding hydrogens is 326 g/mol. The summed E-state index contributed by atoms with van der Waals surface area (Å²) < 4.78 is 37.9. The van der Waals surface area contributed by atoms with Crippen LogP contribution in [0.5, 0.6) is 5.75 Å². The number of methoxy groups -OCH3 is 1. The molecule has 0 aromatic heterocycles. The summed E-state index contributed by atoms with van der Waals surface area (Å²) in [5.41, 5.74) is 0.757. The lowest BCUT2D eigenvalue weighted by atomic mass is 9.97. The summed E-state index contributed by atoms with van der Waals surface area (Å²) in [6.45, 7) is 4.59. The summed E-state index contributed by atoms with van der Waals surface area (Å²) >= 11 is 6.07. The second-order valence-corrected chi connectivity index (χ2v) is 8.32. The molecule has 1 saturated heterocycles. The first kappa shape index (κ1) is 17.5. The van der Waals surface area contributed by atoms with E-state index < -0.39 is 15.3 Å². The van der Waals surface area contributed by atoms with Crippen molar-refractivity contribution < 1.29 is 17.9 Å². The average Bonchev–Trinajstić information content (AvgIpc) is 2.34. The van der Waals surface area contributed by atoms with Crippen LogP contribution in [-0.2, 0) is 14.8 Å². The minimum absolute atomic E-state index is 0.246. The van der Waals surface area contributed by atoms with E-state index in [1.165, 1.54) is 0 Å². The molecule has 1 N–H and O–H groups in total. The topological polar surface area (TPSA) is 64.6 Å². The summed E-state index contributed by atoms with van der Waals surface area (Å²) in [6, 6.07) is 4.86. The Bertz CT molecular complexity index is 614. The van der Waals surface area contributed by atoms with Crippen molar-refractivity contribution in [2.75, 3.05) is 20.3 Å². The van der Waals surface area contributed by atoms with E-state index in [4.69, 9.17) is 21.1 Å². The van der Waals surface area contributed by atoms with Crippen molar-refractivity contribution in [3.8, 4) is 5.75 Å². The Kier molecular flexibility index (Phi) is 5.71. The van der Waals surface area contributed by atoms with Crippen LogP contribution >= 0.6 is 11.6 Å². The molecule has 5 nitrogen and oxygen atoms in total. The second kappa shape index (κ2) is 7.17. The maximum atomic E-state index is 12.4. The third-order valence-electron chi connectivity index (χ3n) is 3.63. The van der Waals surface area contributed by atoms with Crippen LogP contribution in [0.3, 0.4) is 0 Å². The van der Waals surface area contributed by atoms with Gasteiger partial charge in [-0.3, -0.25) is 0 Å². The van der Waals surface area contributed by atoms with Gasteiger partial charge in [0.15, 0.2) is 0 Å². The molecule has 1 heterocycles. The number of sulfonamides is 1. The Balaban J connectivity index is 2.31. The molecule has 1 aliphatic heterocycles. The molecule has 1 unspecified atom stereocenters. The van der Waals surface area contributed by atoms with Crippen LogP contribution in [0.15, 0.2) is 18.2 Å². The van der Waals surface area contributed by atoms with Crippen LogP contribution in [0.4, 0.5) is 0 Å². The predicted molar refractivity (Wildman–Crippen MR) is 86.9 cm³/mol. The number of ether oxygens (including phenoxy) is 2. The first-order chi connectivity index (χ1) is 10.3. The first-order valence-electron chi connectivity index (χ1n) is 7.25. The molecule has 22 heavy (non-hydrogen) atoms. The molecule has 1 aromatic carbocycles. The quantitative estimate of drug-likeness (QED) is 0.823. The standard InChI is InChI=1S/C15H22ClNO4S/c1-10(2)6-14(17-22(18,19)12-8-21-9-12)13-7-11(16)4-5-15(13)20-3/h4-5,7,10,12,14,17H,6,8-9H2,1-3H3. The molecule has 0 bridgehead atoms. The van der Waals surface area contributed by atoms with Gasteiger partial charge in [-0.25, -0.2) is 13.1 Å². The molecule has 0 spiro atoms. The molecule has 1 atom stereocenters. The Morgan fingerprint density at radius 1 is 1.41 bits per heavy atom. The first-order valence-corrected chi connectivity index (χ1v) is 9.18. The molecule has 7 heteroatoms. The fraction of sp³-hybridized carbons (Fsp3) is 0.600. The highest BCUT2D eigenvalue weighted by Crippen LogP contribution is 2.33. The van der Waals surface area contributed by atoms with E-state index >= 15 is 0 Å². The van der Waals surface area contributed by atoms with Gasteiger partial charge in [-0.2, -0.15) is 0 Å². The van der Waals surface area contributed by atoms with Gasteiger partial charge in [0.25, 0.3) is 0 Å². The molecule has 2 rings (SSSR count). The van der Waals surface area contributed by atoms with Crippen molar-refractivity contribution in [2.45, 2.75) is 31.6 Å². The van der Waals surface area contributed by atoms with E-state index in [2.05, 4.69) is 4.72 Å². The number of halogens is 1. The smallest absolute Gasteiger partial charge is 0.219 e. The van der Waals surface area contributed by atoms with Crippen LogP contribution < -0.4 is 9.46 Å². The van der Waals surface area contributed by atoms with Crippen molar-refractivity contribution >= 4 is 21.6 Å². The third kappa shape index (κ3) is 4.13. The van der Waals surface area contributed by atoms with Gasteiger partial charge >= 0.3 is 0 Å². The van der Waals surface area contributed by atoms with Gasteiger partial charge in [-0.15, -0.1) is 0 Å². The van der Waals surface area contributed by atoms with Crippen molar-refractivity contribution in [1.29, 1.82) is 0 Å².